The van der Waals surface area contributed by atoms with Crippen LogP contribution < -0.4 is 0 Å². The van der Waals surface area contributed by atoms with Gasteiger partial charge in [-0.1, -0.05) is 42.8 Å². The molecule has 0 spiro atoms. The second-order valence-corrected chi connectivity index (χ2v) is 5.29. The van der Waals surface area contributed by atoms with E-state index in [2.05, 4.69) is 47.0 Å². The smallest absolute Gasteiger partial charge is 0.0457 e. The van der Waals surface area contributed by atoms with Gasteiger partial charge in [0.05, 0.1) is 0 Å². The molecule has 0 aromatic rings. The van der Waals surface area contributed by atoms with Crippen molar-refractivity contribution in [2.24, 2.45) is 5.92 Å². The van der Waals surface area contributed by atoms with Crippen molar-refractivity contribution in [1.82, 2.24) is 4.90 Å². The molecule has 0 bridgehead atoms. The molecule has 0 aliphatic heterocycles. The molecule has 100 valence electrons. The molecule has 0 amide bonds. The van der Waals surface area contributed by atoms with Crippen molar-refractivity contribution in [3.63, 3.8) is 0 Å². The monoisotopic (exact) mass is 303 g/mol. The van der Waals surface area contributed by atoms with Crippen molar-refractivity contribution < 1.29 is 5.11 Å². The number of halogens is 1. The van der Waals surface area contributed by atoms with E-state index in [9.17, 15) is 0 Å². The maximum Gasteiger partial charge on any atom is 0.0457 e. The summed E-state index contributed by atoms with van der Waals surface area (Å²) in [6.07, 6.45) is 7.57. The predicted octanol–water partition coefficient (Wildman–Crippen LogP) is 3.92. The molecule has 1 rings (SSSR count). The van der Waals surface area contributed by atoms with E-state index in [1.165, 1.54) is 10.2 Å². The highest BCUT2D eigenvalue weighted by atomic mass is 79.9. The normalized spacial score (nSPS) is 16.4. The highest BCUT2D eigenvalue weighted by molar-refractivity contribution is 9.11. The molecule has 0 heterocycles. The summed E-state index contributed by atoms with van der Waals surface area (Å²) >= 11 is 3.50. The maximum atomic E-state index is 8.94. The van der Waals surface area contributed by atoms with E-state index in [0.29, 0.717) is 12.5 Å². The van der Waals surface area contributed by atoms with E-state index in [-0.39, 0.29) is 0 Å². The molecule has 3 heteroatoms. The van der Waals surface area contributed by atoms with Crippen LogP contribution in [0.5, 0.6) is 0 Å². The second kappa shape index (κ2) is 9.72. The first-order valence-electron chi connectivity index (χ1n) is 6.50. The van der Waals surface area contributed by atoms with Crippen molar-refractivity contribution in [3.8, 4) is 0 Å². The second-order valence-electron chi connectivity index (χ2n) is 4.27. The van der Waals surface area contributed by atoms with Crippen LogP contribution in [0.15, 0.2) is 22.3 Å². The van der Waals surface area contributed by atoms with Gasteiger partial charge in [-0.3, -0.25) is 0 Å². The van der Waals surface area contributed by atoms with Gasteiger partial charge in [-0.25, -0.2) is 0 Å². The minimum Gasteiger partial charge on any atom is -0.396 e. The Morgan fingerprint density at radius 3 is 2.47 bits per heavy atom. The third-order valence-electron chi connectivity index (χ3n) is 2.84. The number of aliphatic hydroxyl groups is 1. The molecule has 0 aromatic heterocycles. The first kappa shape index (κ1) is 16.7. The van der Waals surface area contributed by atoms with E-state index >= 15 is 0 Å². The van der Waals surface area contributed by atoms with E-state index in [0.717, 1.165) is 25.8 Å². The zero-order chi connectivity index (χ0) is 13.3. The van der Waals surface area contributed by atoms with Crippen LogP contribution in [-0.4, -0.2) is 30.2 Å². The first-order chi connectivity index (χ1) is 8.13. The van der Waals surface area contributed by atoms with Crippen molar-refractivity contribution in [2.45, 2.75) is 40.0 Å². The Morgan fingerprint density at radius 2 is 2.00 bits per heavy atom. The molecule has 0 saturated carbocycles. The van der Waals surface area contributed by atoms with Crippen molar-refractivity contribution in [2.75, 3.05) is 20.2 Å². The molecule has 2 nitrogen and oxygen atoms in total. The Hall–Kier alpha value is -0.280. The summed E-state index contributed by atoms with van der Waals surface area (Å²) in [7, 11) is 2.13. The number of hydrogen-bond acceptors (Lipinski definition) is 2. The number of allylic oxidation sites excluding steroid dienone is 4. The molecule has 1 aliphatic rings. The molecule has 0 saturated heterocycles. The summed E-state index contributed by atoms with van der Waals surface area (Å²) in [6, 6.07) is 0. The number of aliphatic hydroxyl groups excluding tert-OH is 1. The van der Waals surface area contributed by atoms with E-state index in [1.54, 1.807) is 0 Å². The Morgan fingerprint density at radius 1 is 1.35 bits per heavy atom. The highest BCUT2D eigenvalue weighted by Gasteiger charge is 2.09. The van der Waals surface area contributed by atoms with Crippen LogP contribution in [0, 0.1) is 5.92 Å². The topological polar surface area (TPSA) is 23.5 Å². The van der Waals surface area contributed by atoms with Gasteiger partial charge in [-0.2, -0.15) is 0 Å². The van der Waals surface area contributed by atoms with Gasteiger partial charge in [0.15, 0.2) is 0 Å². The summed E-state index contributed by atoms with van der Waals surface area (Å²) < 4.78 is 1.28. The lowest BCUT2D eigenvalue weighted by atomic mass is 10.1. The molecule has 1 atom stereocenters. The van der Waals surface area contributed by atoms with Crippen LogP contribution in [0.25, 0.3) is 0 Å². The fraction of sp³-hybridized carbons (Fsp3) is 0.714. The Kier molecular flexibility index (Phi) is 9.56. The lowest BCUT2D eigenvalue weighted by Gasteiger charge is -2.25. The number of rotatable bonds is 5. The zero-order valence-electron chi connectivity index (χ0n) is 11.5. The Labute approximate surface area is 115 Å². The summed E-state index contributed by atoms with van der Waals surface area (Å²) in [4.78, 5) is 2.29. The molecular weight excluding hydrogens is 278 g/mol. The fourth-order valence-electron chi connectivity index (χ4n) is 1.57. The average molecular weight is 304 g/mol. The van der Waals surface area contributed by atoms with Crippen molar-refractivity contribution in [3.05, 3.63) is 22.3 Å². The minimum atomic E-state index is 0.290. The van der Waals surface area contributed by atoms with Gasteiger partial charge >= 0.3 is 0 Å². The summed E-state index contributed by atoms with van der Waals surface area (Å²) in [6.45, 7) is 7.40. The third kappa shape index (κ3) is 6.89. The molecule has 1 aliphatic carbocycles. The average Bonchev–Trinajstić information content (AvgIpc) is 2.38. The van der Waals surface area contributed by atoms with Crippen LogP contribution in [0.2, 0.25) is 0 Å². The quantitative estimate of drug-likeness (QED) is 0.832. The largest absolute Gasteiger partial charge is 0.396 e. The number of hydrogen-bond donors (Lipinski definition) is 1. The van der Waals surface area contributed by atoms with E-state index in [1.807, 2.05) is 13.8 Å². The van der Waals surface area contributed by atoms with Gasteiger partial charge in [0.25, 0.3) is 0 Å². The predicted molar refractivity (Wildman–Crippen MR) is 79.2 cm³/mol. The highest BCUT2D eigenvalue weighted by Crippen LogP contribution is 2.24. The van der Waals surface area contributed by atoms with Gasteiger partial charge in [0.1, 0.15) is 0 Å². The van der Waals surface area contributed by atoms with Crippen LogP contribution in [-0.2, 0) is 0 Å². The van der Waals surface area contributed by atoms with E-state index < -0.39 is 0 Å². The SMILES string of the molecule is CC.CC(CO)CCN(C)C1=CC=C(Br)CC1. The molecule has 1 unspecified atom stereocenters. The lowest BCUT2D eigenvalue weighted by molar-refractivity contribution is 0.218. The van der Waals surface area contributed by atoms with Crippen molar-refractivity contribution >= 4 is 15.9 Å². The fourth-order valence-corrected chi connectivity index (χ4v) is 1.90. The van der Waals surface area contributed by atoms with Crippen LogP contribution in [0.3, 0.4) is 0 Å². The Bertz CT molecular complexity index is 261. The zero-order valence-corrected chi connectivity index (χ0v) is 13.1. The van der Waals surface area contributed by atoms with Gasteiger partial charge in [0.2, 0.25) is 0 Å². The molecule has 0 radical (unpaired) electrons. The van der Waals surface area contributed by atoms with Gasteiger partial charge in [-0.15, -0.1) is 0 Å². The van der Waals surface area contributed by atoms with Crippen LogP contribution in [0.1, 0.15) is 40.0 Å². The van der Waals surface area contributed by atoms with Crippen molar-refractivity contribution in [1.29, 1.82) is 0 Å². The minimum absolute atomic E-state index is 0.290. The third-order valence-corrected chi connectivity index (χ3v) is 3.50. The first-order valence-corrected chi connectivity index (χ1v) is 7.30. The lowest BCUT2D eigenvalue weighted by Crippen LogP contribution is -2.22. The maximum absolute atomic E-state index is 8.94. The summed E-state index contributed by atoms with van der Waals surface area (Å²) in [5.41, 5.74) is 1.39. The van der Waals surface area contributed by atoms with Crippen LogP contribution >= 0.6 is 15.9 Å². The van der Waals surface area contributed by atoms with Gasteiger partial charge in [0, 0.05) is 25.9 Å². The standard InChI is InChI=1S/C12H20BrNO.C2H6/c1-10(9-15)7-8-14(2)12-5-3-11(13)4-6-12;1-2/h3,5,10,15H,4,6-9H2,1-2H3;1-2H3. The van der Waals surface area contributed by atoms with Crippen LogP contribution in [0.4, 0.5) is 0 Å². The van der Waals surface area contributed by atoms with Gasteiger partial charge in [-0.05, 0) is 35.7 Å². The van der Waals surface area contributed by atoms with Gasteiger partial charge < -0.3 is 10.0 Å². The molecule has 17 heavy (non-hydrogen) atoms. The molecule has 1 N–H and O–H groups in total. The number of nitrogens with zero attached hydrogens (tertiary/aromatic N) is 1. The molecule has 0 fully saturated rings. The molecule has 0 aromatic carbocycles. The summed E-state index contributed by atoms with van der Waals surface area (Å²) in [5, 5.41) is 8.94. The molecular formula is C14H26BrNO. The van der Waals surface area contributed by atoms with E-state index in [4.69, 9.17) is 5.11 Å². The summed E-state index contributed by atoms with van der Waals surface area (Å²) in [5.74, 6) is 0.402. The Balaban J connectivity index is 0.00000121.